The van der Waals surface area contributed by atoms with Crippen LogP contribution in [0.3, 0.4) is 0 Å². The van der Waals surface area contributed by atoms with Crippen molar-refractivity contribution in [1.29, 1.82) is 5.26 Å². The number of anilines is 1. The minimum absolute atomic E-state index is 0.106. The van der Waals surface area contributed by atoms with Crippen molar-refractivity contribution in [1.82, 2.24) is 0 Å². The second kappa shape index (κ2) is 6.19. The second-order valence-corrected chi connectivity index (χ2v) is 7.81. The molecule has 0 spiro atoms. The van der Waals surface area contributed by atoms with Crippen molar-refractivity contribution in [2.75, 3.05) is 12.3 Å². The zero-order chi connectivity index (χ0) is 17.4. The Kier molecular flexibility index (Phi) is 4.81. The van der Waals surface area contributed by atoms with Crippen molar-refractivity contribution in [3.63, 3.8) is 0 Å². The molecule has 0 bridgehead atoms. The first kappa shape index (κ1) is 17.9. The van der Waals surface area contributed by atoms with Crippen LogP contribution >= 0.6 is 34.5 Å². The Bertz CT molecular complexity index is 710. The number of nitrogen functional groups attached to an aromatic ring is 1. The standard InChI is InChI=1S/C14H14Cl2N2O4S/c1-3-21-11(19)9-8(7(4-17)10(18)23-9)5-22-12(20)13(2)6-14(13,15)16/h3,5-6,18H2,1-2H3/t13-/m1/s1. The number of nitriles is 1. The Hall–Kier alpha value is -1.49. The van der Waals surface area contributed by atoms with Gasteiger partial charge in [-0.2, -0.15) is 5.26 Å². The highest BCUT2D eigenvalue weighted by molar-refractivity contribution is 7.18. The highest BCUT2D eigenvalue weighted by Gasteiger charge is 2.69. The van der Waals surface area contributed by atoms with Gasteiger partial charge in [-0.05, 0) is 13.8 Å². The van der Waals surface area contributed by atoms with Crippen molar-refractivity contribution in [2.24, 2.45) is 5.41 Å². The van der Waals surface area contributed by atoms with Gasteiger partial charge >= 0.3 is 11.9 Å². The number of carbonyl (C=O) groups excluding carboxylic acids is 2. The number of thiophene rings is 1. The van der Waals surface area contributed by atoms with E-state index >= 15 is 0 Å². The first-order chi connectivity index (χ1) is 10.7. The molecule has 1 aromatic rings. The molecule has 1 aliphatic rings. The third-order valence-corrected chi connectivity index (χ3v) is 5.81. The molecule has 0 amide bonds. The Morgan fingerprint density at radius 2 is 2.04 bits per heavy atom. The van der Waals surface area contributed by atoms with Gasteiger partial charge in [-0.3, -0.25) is 4.79 Å². The van der Waals surface area contributed by atoms with E-state index in [9.17, 15) is 14.9 Å². The molecule has 2 N–H and O–H groups in total. The largest absolute Gasteiger partial charge is 0.462 e. The van der Waals surface area contributed by atoms with E-state index in [1.807, 2.05) is 6.07 Å². The van der Waals surface area contributed by atoms with Crippen molar-refractivity contribution < 1.29 is 19.1 Å². The van der Waals surface area contributed by atoms with Crippen LogP contribution < -0.4 is 5.73 Å². The third-order valence-electron chi connectivity index (χ3n) is 3.66. The third kappa shape index (κ3) is 3.11. The van der Waals surface area contributed by atoms with Gasteiger partial charge in [0, 0.05) is 12.0 Å². The summed E-state index contributed by atoms with van der Waals surface area (Å²) in [4.78, 5) is 24.2. The average molecular weight is 377 g/mol. The SMILES string of the molecule is CCOC(=O)c1sc(N)c(C#N)c1COC(=O)[C@@]1(C)CC1(Cl)Cl. The molecule has 0 aliphatic heterocycles. The van der Waals surface area contributed by atoms with Gasteiger partial charge in [0.05, 0.1) is 12.2 Å². The van der Waals surface area contributed by atoms with Crippen molar-refractivity contribution in [3.05, 3.63) is 16.0 Å². The van der Waals surface area contributed by atoms with Gasteiger partial charge < -0.3 is 15.2 Å². The Balaban J connectivity index is 2.21. The molecule has 9 heteroatoms. The fourth-order valence-electron chi connectivity index (χ4n) is 2.02. The molecule has 23 heavy (non-hydrogen) atoms. The molecule has 2 rings (SSSR count). The van der Waals surface area contributed by atoms with Gasteiger partial charge in [0.15, 0.2) is 0 Å². The summed E-state index contributed by atoms with van der Waals surface area (Å²) < 4.78 is 8.97. The van der Waals surface area contributed by atoms with Crippen LogP contribution in [0, 0.1) is 16.7 Å². The summed E-state index contributed by atoms with van der Waals surface area (Å²) in [5.41, 5.74) is 5.09. The topological polar surface area (TPSA) is 102 Å². The smallest absolute Gasteiger partial charge is 0.348 e. The van der Waals surface area contributed by atoms with E-state index in [0.717, 1.165) is 11.3 Å². The lowest BCUT2D eigenvalue weighted by Crippen LogP contribution is -2.21. The van der Waals surface area contributed by atoms with Crippen LogP contribution in [0.5, 0.6) is 0 Å². The number of hydrogen-bond acceptors (Lipinski definition) is 7. The van der Waals surface area contributed by atoms with Gasteiger partial charge in [-0.25, -0.2) is 4.79 Å². The van der Waals surface area contributed by atoms with Crippen LogP contribution in [0.1, 0.15) is 41.1 Å². The number of halogens is 2. The predicted octanol–water partition coefficient (Wildman–Crippen LogP) is 3.01. The summed E-state index contributed by atoms with van der Waals surface area (Å²) >= 11 is 12.8. The molecule has 0 aromatic carbocycles. The normalized spacial score (nSPS) is 21.3. The lowest BCUT2D eigenvalue weighted by atomic mass is 10.1. The predicted molar refractivity (Wildman–Crippen MR) is 86.4 cm³/mol. The van der Waals surface area contributed by atoms with E-state index in [1.165, 1.54) is 0 Å². The molecule has 1 aromatic heterocycles. The van der Waals surface area contributed by atoms with Gasteiger partial charge in [0.2, 0.25) is 0 Å². The summed E-state index contributed by atoms with van der Waals surface area (Å²) in [6.45, 7) is 3.16. The number of rotatable bonds is 5. The molecular formula is C14H14Cl2N2O4S. The molecule has 1 aliphatic carbocycles. The number of hydrogen-bond donors (Lipinski definition) is 1. The number of esters is 2. The molecule has 1 atom stereocenters. The van der Waals surface area contributed by atoms with Crippen LogP contribution in [0.2, 0.25) is 0 Å². The molecule has 0 saturated heterocycles. The molecule has 1 saturated carbocycles. The lowest BCUT2D eigenvalue weighted by Gasteiger charge is -2.12. The number of carbonyl (C=O) groups is 2. The summed E-state index contributed by atoms with van der Waals surface area (Å²) in [6, 6.07) is 1.91. The molecule has 1 heterocycles. The van der Waals surface area contributed by atoms with Crippen molar-refractivity contribution >= 4 is 51.5 Å². The lowest BCUT2D eigenvalue weighted by molar-refractivity contribution is -0.150. The van der Waals surface area contributed by atoms with E-state index < -0.39 is 21.7 Å². The van der Waals surface area contributed by atoms with Crippen LogP contribution in [-0.2, 0) is 20.9 Å². The summed E-state index contributed by atoms with van der Waals surface area (Å²) in [7, 11) is 0. The zero-order valence-corrected chi connectivity index (χ0v) is 14.8. The maximum atomic E-state index is 12.1. The quantitative estimate of drug-likeness (QED) is 0.625. The van der Waals surface area contributed by atoms with Crippen LogP contribution in [0.25, 0.3) is 0 Å². The van der Waals surface area contributed by atoms with Crippen LogP contribution in [0.15, 0.2) is 0 Å². The molecular weight excluding hydrogens is 363 g/mol. The van der Waals surface area contributed by atoms with E-state index in [0.29, 0.717) is 0 Å². The highest BCUT2D eigenvalue weighted by atomic mass is 35.5. The van der Waals surface area contributed by atoms with Gasteiger partial charge in [-0.15, -0.1) is 34.5 Å². The highest BCUT2D eigenvalue weighted by Crippen LogP contribution is 2.64. The maximum Gasteiger partial charge on any atom is 0.348 e. The molecule has 1 fully saturated rings. The molecule has 0 radical (unpaired) electrons. The molecule has 124 valence electrons. The van der Waals surface area contributed by atoms with E-state index in [4.69, 9.17) is 38.4 Å². The van der Waals surface area contributed by atoms with Crippen molar-refractivity contribution in [2.45, 2.75) is 31.2 Å². The minimum Gasteiger partial charge on any atom is -0.462 e. The zero-order valence-electron chi connectivity index (χ0n) is 12.4. The fourth-order valence-corrected chi connectivity index (χ4v) is 3.63. The van der Waals surface area contributed by atoms with Crippen LogP contribution in [-0.4, -0.2) is 22.9 Å². The average Bonchev–Trinajstić information content (AvgIpc) is 2.85. The van der Waals surface area contributed by atoms with E-state index in [-0.39, 0.29) is 40.6 Å². The van der Waals surface area contributed by atoms with Crippen LogP contribution in [0.4, 0.5) is 5.00 Å². The summed E-state index contributed by atoms with van der Waals surface area (Å²) in [5, 5.41) is 9.36. The molecule has 6 nitrogen and oxygen atoms in total. The number of nitrogens with zero attached hydrogens (tertiary/aromatic N) is 1. The van der Waals surface area contributed by atoms with Gasteiger partial charge in [0.25, 0.3) is 0 Å². The Morgan fingerprint density at radius 3 is 2.52 bits per heavy atom. The van der Waals surface area contributed by atoms with Gasteiger partial charge in [-0.1, -0.05) is 0 Å². The number of nitrogens with two attached hydrogens (primary N) is 1. The summed E-state index contributed by atoms with van der Waals surface area (Å²) in [5.74, 6) is -1.20. The minimum atomic E-state index is -1.15. The second-order valence-electron chi connectivity index (χ2n) is 5.27. The molecule has 0 unspecified atom stereocenters. The van der Waals surface area contributed by atoms with Gasteiger partial charge in [0.1, 0.15) is 32.3 Å². The van der Waals surface area contributed by atoms with Crippen molar-refractivity contribution in [3.8, 4) is 6.07 Å². The number of ether oxygens (including phenoxy) is 2. The Labute approximate surface area is 147 Å². The fraction of sp³-hybridized carbons (Fsp3) is 0.500. The Morgan fingerprint density at radius 1 is 1.43 bits per heavy atom. The first-order valence-corrected chi connectivity index (χ1v) is 8.28. The first-order valence-electron chi connectivity index (χ1n) is 6.71. The summed E-state index contributed by atoms with van der Waals surface area (Å²) in [6.07, 6.45) is 0.281. The van der Waals surface area contributed by atoms with E-state index in [2.05, 4.69) is 0 Å². The monoisotopic (exact) mass is 376 g/mol. The maximum absolute atomic E-state index is 12.1. The van der Waals surface area contributed by atoms with E-state index in [1.54, 1.807) is 13.8 Å². The number of alkyl halides is 2.